The first-order valence-electron chi connectivity index (χ1n) is 5.00. The van der Waals surface area contributed by atoms with E-state index in [1.54, 1.807) is 17.6 Å². The lowest BCUT2D eigenvalue weighted by Gasteiger charge is -1.90. The Bertz CT molecular complexity index is 627. The Morgan fingerprint density at radius 3 is 3.00 bits per heavy atom. The molecule has 0 fully saturated rings. The van der Waals surface area contributed by atoms with Gasteiger partial charge in [0.1, 0.15) is 16.9 Å². The van der Waals surface area contributed by atoms with E-state index >= 15 is 0 Å². The molecule has 0 aliphatic carbocycles. The smallest absolute Gasteiger partial charge is 0.134 e. The SMILES string of the molecule is NCc1cnc(-c2coc3ccccc23)s1. The molecule has 0 amide bonds. The number of benzene rings is 1. The quantitative estimate of drug-likeness (QED) is 0.736. The van der Waals surface area contributed by atoms with E-state index < -0.39 is 0 Å². The van der Waals surface area contributed by atoms with E-state index in [1.807, 2.05) is 30.5 Å². The van der Waals surface area contributed by atoms with E-state index in [2.05, 4.69) is 4.98 Å². The Labute approximate surface area is 96.5 Å². The Kier molecular flexibility index (Phi) is 2.23. The third-order valence-corrected chi connectivity index (χ3v) is 3.52. The van der Waals surface area contributed by atoms with Crippen molar-refractivity contribution in [3.63, 3.8) is 0 Å². The second-order valence-electron chi connectivity index (χ2n) is 3.48. The first kappa shape index (κ1) is 9.57. The van der Waals surface area contributed by atoms with Gasteiger partial charge in [-0.25, -0.2) is 4.98 Å². The average molecular weight is 230 g/mol. The van der Waals surface area contributed by atoms with Gasteiger partial charge in [0.15, 0.2) is 0 Å². The molecule has 4 heteroatoms. The van der Waals surface area contributed by atoms with Gasteiger partial charge in [-0.05, 0) is 6.07 Å². The zero-order valence-electron chi connectivity index (χ0n) is 8.51. The van der Waals surface area contributed by atoms with Crippen LogP contribution in [0.3, 0.4) is 0 Å². The number of nitrogens with zero attached hydrogens (tertiary/aromatic N) is 1. The number of thiazole rings is 1. The Balaban J connectivity index is 2.18. The molecule has 0 saturated heterocycles. The molecule has 16 heavy (non-hydrogen) atoms. The maximum absolute atomic E-state index is 5.58. The lowest BCUT2D eigenvalue weighted by Crippen LogP contribution is -1.91. The van der Waals surface area contributed by atoms with Crippen LogP contribution in [0.2, 0.25) is 0 Å². The molecule has 80 valence electrons. The van der Waals surface area contributed by atoms with Crippen molar-refractivity contribution in [2.45, 2.75) is 6.54 Å². The van der Waals surface area contributed by atoms with E-state index in [0.29, 0.717) is 6.54 Å². The van der Waals surface area contributed by atoms with Crippen molar-refractivity contribution in [1.29, 1.82) is 0 Å². The van der Waals surface area contributed by atoms with Gasteiger partial charge in [0.2, 0.25) is 0 Å². The van der Waals surface area contributed by atoms with Crippen LogP contribution in [0.4, 0.5) is 0 Å². The Morgan fingerprint density at radius 1 is 1.31 bits per heavy atom. The fraction of sp³-hybridized carbons (Fsp3) is 0.0833. The van der Waals surface area contributed by atoms with Crippen LogP contribution in [0.15, 0.2) is 41.1 Å². The van der Waals surface area contributed by atoms with Gasteiger partial charge in [-0.15, -0.1) is 11.3 Å². The molecule has 0 spiro atoms. The van der Waals surface area contributed by atoms with Gasteiger partial charge in [0, 0.05) is 23.0 Å². The number of hydrogen-bond donors (Lipinski definition) is 1. The van der Waals surface area contributed by atoms with E-state index in [1.165, 1.54) is 0 Å². The molecule has 3 nitrogen and oxygen atoms in total. The predicted octanol–water partition coefficient (Wildman–Crippen LogP) is 3.02. The summed E-state index contributed by atoms with van der Waals surface area (Å²) in [5.74, 6) is 0. The molecule has 0 saturated carbocycles. The molecule has 0 bridgehead atoms. The molecular formula is C12H10N2OS. The van der Waals surface area contributed by atoms with Crippen molar-refractivity contribution in [3.8, 4) is 10.6 Å². The third-order valence-electron chi connectivity index (χ3n) is 2.47. The van der Waals surface area contributed by atoms with Crippen molar-refractivity contribution in [2.75, 3.05) is 0 Å². The number of furan rings is 1. The van der Waals surface area contributed by atoms with E-state index in [-0.39, 0.29) is 0 Å². The Hall–Kier alpha value is -1.65. The highest BCUT2D eigenvalue weighted by molar-refractivity contribution is 7.15. The predicted molar refractivity (Wildman–Crippen MR) is 65.2 cm³/mol. The number of hydrogen-bond acceptors (Lipinski definition) is 4. The molecule has 0 aliphatic heterocycles. The van der Waals surface area contributed by atoms with Gasteiger partial charge in [0.25, 0.3) is 0 Å². The largest absolute Gasteiger partial charge is 0.464 e. The number of para-hydroxylation sites is 1. The zero-order valence-corrected chi connectivity index (χ0v) is 9.33. The first-order valence-corrected chi connectivity index (χ1v) is 5.81. The van der Waals surface area contributed by atoms with Gasteiger partial charge in [-0.3, -0.25) is 0 Å². The van der Waals surface area contributed by atoms with Gasteiger partial charge in [-0.1, -0.05) is 18.2 Å². The van der Waals surface area contributed by atoms with Crippen molar-refractivity contribution < 1.29 is 4.42 Å². The van der Waals surface area contributed by atoms with Crippen LogP contribution >= 0.6 is 11.3 Å². The summed E-state index contributed by atoms with van der Waals surface area (Å²) in [5.41, 5.74) is 7.51. The van der Waals surface area contributed by atoms with Crippen LogP contribution in [0.25, 0.3) is 21.5 Å². The molecule has 0 aliphatic rings. The molecule has 3 aromatic rings. The van der Waals surface area contributed by atoms with Crippen molar-refractivity contribution in [3.05, 3.63) is 41.6 Å². The monoisotopic (exact) mass is 230 g/mol. The second kappa shape index (κ2) is 3.73. The summed E-state index contributed by atoms with van der Waals surface area (Å²) < 4.78 is 5.48. The number of aromatic nitrogens is 1. The molecule has 2 N–H and O–H groups in total. The molecular weight excluding hydrogens is 220 g/mol. The maximum Gasteiger partial charge on any atom is 0.134 e. The van der Waals surface area contributed by atoms with E-state index in [4.69, 9.17) is 10.2 Å². The molecule has 0 atom stereocenters. The van der Waals surface area contributed by atoms with E-state index in [9.17, 15) is 0 Å². The fourth-order valence-corrected chi connectivity index (χ4v) is 2.48. The minimum absolute atomic E-state index is 0.535. The third kappa shape index (κ3) is 1.43. The van der Waals surface area contributed by atoms with Gasteiger partial charge < -0.3 is 10.2 Å². The van der Waals surface area contributed by atoms with Crippen LogP contribution in [-0.2, 0) is 6.54 Å². The summed E-state index contributed by atoms with van der Waals surface area (Å²) in [6.45, 7) is 0.535. The molecule has 1 aromatic carbocycles. The lowest BCUT2D eigenvalue weighted by atomic mass is 10.2. The summed E-state index contributed by atoms with van der Waals surface area (Å²) in [6, 6.07) is 7.95. The minimum atomic E-state index is 0.535. The highest BCUT2D eigenvalue weighted by atomic mass is 32.1. The average Bonchev–Trinajstić information content (AvgIpc) is 2.94. The normalized spacial score (nSPS) is 11.1. The summed E-state index contributed by atoms with van der Waals surface area (Å²) in [6.07, 6.45) is 3.57. The molecule has 0 unspecified atom stereocenters. The summed E-state index contributed by atoms with van der Waals surface area (Å²) >= 11 is 1.61. The zero-order chi connectivity index (χ0) is 11.0. The minimum Gasteiger partial charge on any atom is -0.464 e. The topological polar surface area (TPSA) is 52.0 Å². The van der Waals surface area contributed by atoms with Crippen LogP contribution in [0.1, 0.15) is 4.88 Å². The first-order chi connectivity index (χ1) is 7.88. The van der Waals surface area contributed by atoms with Gasteiger partial charge >= 0.3 is 0 Å². The highest BCUT2D eigenvalue weighted by Gasteiger charge is 2.10. The number of nitrogens with two attached hydrogens (primary N) is 1. The molecule has 3 rings (SSSR count). The van der Waals surface area contributed by atoms with Crippen LogP contribution in [-0.4, -0.2) is 4.98 Å². The summed E-state index contributed by atoms with van der Waals surface area (Å²) in [7, 11) is 0. The van der Waals surface area contributed by atoms with Crippen LogP contribution < -0.4 is 5.73 Å². The molecule has 2 heterocycles. The van der Waals surface area contributed by atoms with Crippen molar-refractivity contribution in [2.24, 2.45) is 5.73 Å². The fourth-order valence-electron chi connectivity index (χ4n) is 1.67. The van der Waals surface area contributed by atoms with Crippen LogP contribution in [0.5, 0.6) is 0 Å². The number of rotatable bonds is 2. The lowest BCUT2D eigenvalue weighted by molar-refractivity contribution is 0.617. The Morgan fingerprint density at radius 2 is 2.19 bits per heavy atom. The standard InChI is InChI=1S/C12H10N2OS/c13-5-8-6-14-12(16-8)10-7-15-11-4-2-1-3-9(10)11/h1-4,6-7H,5,13H2. The van der Waals surface area contributed by atoms with Crippen molar-refractivity contribution >= 4 is 22.3 Å². The van der Waals surface area contributed by atoms with Gasteiger partial charge in [0.05, 0.1) is 5.56 Å². The summed E-state index contributed by atoms with van der Waals surface area (Å²) in [4.78, 5) is 5.44. The number of fused-ring (bicyclic) bond motifs is 1. The summed E-state index contributed by atoms with van der Waals surface area (Å²) in [5, 5.41) is 2.06. The van der Waals surface area contributed by atoms with Crippen LogP contribution in [0, 0.1) is 0 Å². The van der Waals surface area contributed by atoms with E-state index in [0.717, 1.165) is 26.4 Å². The second-order valence-corrected chi connectivity index (χ2v) is 4.60. The highest BCUT2D eigenvalue weighted by Crippen LogP contribution is 2.32. The molecule has 2 aromatic heterocycles. The van der Waals surface area contributed by atoms with Crippen molar-refractivity contribution in [1.82, 2.24) is 4.98 Å². The molecule has 0 radical (unpaired) electrons. The maximum atomic E-state index is 5.58. The van der Waals surface area contributed by atoms with Gasteiger partial charge in [-0.2, -0.15) is 0 Å².